The Morgan fingerprint density at radius 2 is 1.81 bits per heavy atom. The van der Waals surface area contributed by atoms with E-state index in [0.717, 1.165) is 0 Å². The van der Waals surface area contributed by atoms with Crippen LogP contribution in [-0.2, 0) is 13.0 Å². The number of benzene rings is 1. The molecule has 0 spiro atoms. The number of aryl methyl sites for hydroxylation is 3. The lowest BCUT2D eigenvalue weighted by atomic mass is 10.0. The van der Waals surface area contributed by atoms with Crippen molar-refractivity contribution in [2.24, 2.45) is 0 Å². The van der Waals surface area contributed by atoms with Crippen molar-refractivity contribution in [2.75, 3.05) is 0 Å². The molecule has 0 atom stereocenters. The molecular weight excluding hydrogens is 266 g/mol. The van der Waals surface area contributed by atoms with E-state index < -0.39 is 5.97 Å². The van der Waals surface area contributed by atoms with Crippen LogP contribution in [0.3, 0.4) is 0 Å². The van der Waals surface area contributed by atoms with Gasteiger partial charge in [-0.3, -0.25) is 4.79 Å². The topological polar surface area (TPSA) is 59.3 Å². The van der Waals surface area contributed by atoms with Crippen LogP contribution in [0.25, 0.3) is 0 Å². The molecular formula is C17H19NO3. The molecule has 2 aromatic rings. The van der Waals surface area contributed by atoms with Gasteiger partial charge in [0.15, 0.2) is 0 Å². The summed E-state index contributed by atoms with van der Waals surface area (Å²) >= 11 is 0. The predicted octanol–water partition coefficient (Wildman–Crippen LogP) is 2.71. The zero-order chi connectivity index (χ0) is 15.6. The van der Waals surface area contributed by atoms with Gasteiger partial charge in [0.2, 0.25) is 0 Å². The number of aromatic carboxylic acids is 1. The number of carbonyl (C=O) groups is 1. The summed E-state index contributed by atoms with van der Waals surface area (Å²) in [5.74, 6) is -0.991. The normalized spacial score (nSPS) is 10.6. The van der Waals surface area contributed by atoms with Gasteiger partial charge in [-0.1, -0.05) is 24.3 Å². The Labute approximate surface area is 123 Å². The van der Waals surface area contributed by atoms with Crippen LogP contribution in [-0.4, -0.2) is 15.6 Å². The molecule has 1 aromatic carbocycles. The third-order valence-corrected chi connectivity index (χ3v) is 3.85. The van der Waals surface area contributed by atoms with E-state index in [1.807, 2.05) is 31.2 Å². The van der Waals surface area contributed by atoms with Crippen molar-refractivity contribution in [1.82, 2.24) is 4.57 Å². The minimum Gasteiger partial charge on any atom is -0.478 e. The average molecular weight is 285 g/mol. The first kappa shape index (κ1) is 15.0. The molecule has 1 aromatic heterocycles. The van der Waals surface area contributed by atoms with Crippen LogP contribution < -0.4 is 5.56 Å². The molecule has 110 valence electrons. The first-order valence-electron chi connectivity index (χ1n) is 6.90. The first-order valence-corrected chi connectivity index (χ1v) is 6.90. The molecule has 0 aliphatic heterocycles. The SMILES string of the molecule is Cc1ccccc1CCn1c(C)c(C(=O)O)c(C)cc1=O. The van der Waals surface area contributed by atoms with Gasteiger partial charge in [-0.25, -0.2) is 4.79 Å². The van der Waals surface area contributed by atoms with Crippen LogP contribution >= 0.6 is 0 Å². The largest absolute Gasteiger partial charge is 0.478 e. The molecule has 4 heteroatoms. The third kappa shape index (κ3) is 3.05. The zero-order valence-corrected chi connectivity index (χ0v) is 12.5. The number of rotatable bonds is 4. The Morgan fingerprint density at radius 3 is 2.43 bits per heavy atom. The summed E-state index contributed by atoms with van der Waals surface area (Å²) in [6.45, 7) is 5.86. The zero-order valence-electron chi connectivity index (χ0n) is 12.5. The molecule has 0 aliphatic rings. The molecule has 1 heterocycles. The van der Waals surface area contributed by atoms with Crippen LogP contribution in [0.4, 0.5) is 0 Å². The van der Waals surface area contributed by atoms with E-state index >= 15 is 0 Å². The summed E-state index contributed by atoms with van der Waals surface area (Å²) in [5, 5.41) is 9.28. The number of hydrogen-bond acceptors (Lipinski definition) is 2. The fourth-order valence-electron chi connectivity index (χ4n) is 2.65. The summed E-state index contributed by atoms with van der Waals surface area (Å²) in [4.78, 5) is 23.4. The van der Waals surface area contributed by atoms with Crippen molar-refractivity contribution in [2.45, 2.75) is 33.7 Å². The number of nitrogens with zero attached hydrogens (tertiary/aromatic N) is 1. The monoisotopic (exact) mass is 285 g/mol. The van der Waals surface area contributed by atoms with E-state index in [9.17, 15) is 14.7 Å². The summed E-state index contributed by atoms with van der Waals surface area (Å²) in [7, 11) is 0. The molecule has 0 aliphatic carbocycles. The highest BCUT2D eigenvalue weighted by molar-refractivity contribution is 5.90. The Morgan fingerprint density at radius 1 is 1.14 bits per heavy atom. The molecule has 0 amide bonds. The predicted molar refractivity (Wildman–Crippen MR) is 82.0 cm³/mol. The fourth-order valence-corrected chi connectivity index (χ4v) is 2.65. The highest BCUT2D eigenvalue weighted by Crippen LogP contribution is 2.13. The second-order valence-electron chi connectivity index (χ2n) is 5.26. The number of aromatic nitrogens is 1. The van der Waals surface area contributed by atoms with Gasteiger partial charge in [0, 0.05) is 18.3 Å². The lowest BCUT2D eigenvalue weighted by Crippen LogP contribution is -2.26. The summed E-state index contributed by atoms with van der Waals surface area (Å²) in [5.41, 5.74) is 3.44. The second-order valence-corrected chi connectivity index (χ2v) is 5.26. The van der Waals surface area contributed by atoms with E-state index in [2.05, 4.69) is 0 Å². The van der Waals surface area contributed by atoms with Crippen molar-refractivity contribution in [3.8, 4) is 0 Å². The minimum atomic E-state index is -0.991. The van der Waals surface area contributed by atoms with Crippen molar-refractivity contribution >= 4 is 5.97 Å². The Balaban J connectivity index is 2.37. The molecule has 0 saturated heterocycles. The maximum absolute atomic E-state index is 12.1. The lowest BCUT2D eigenvalue weighted by molar-refractivity contribution is 0.0694. The van der Waals surface area contributed by atoms with Crippen LogP contribution in [0.1, 0.15) is 32.7 Å². The molecule has 0 radical (unpaired) electrons. The van der Waals surface area contributed by atoms with Crippen molar-refractivity contribution in [3.05, 3.63) is 68.6 Å². The first-order chi connectivity index (χ1) is 9.91. The highest BCUT2D eigenvalue weighted by Gasteiger charge is 2.15. The van der Waals surface area contributed by atoms with Gasteiger partial charge in [0.25, 0.3) is 5.56 Å². The average Bonchev–Trinajstić information content (AvgIpc) is 2.39. The smallest absolute Gasteiger partial charge is 0.337 e. The van der Waals surface area contributed by atoms with Gasteiger partial charge in [-0.05, 0) is 43.9 Å². The summed E-state index contributed by atoms with van der Waals surface area (Å²) < 4.78 is 1.54. The maximum Gasteiger partial charge on any atom is 0.337 e. The molecule has 0 saturated carbocycles. The van der Waals surface area contributed by atoms with Crippen molar-refractivity contribution < 1.29 is 9.90 Å². The maximum atomic E-state index is 12.1. The summed E-state index contributed by atoms with van der Waals surface area (Å²) in [6.07, 6.45) is 0.704. The van der Waals surface area contributed by atoms with Gasteiger partial charge in [-0.15, -0.1) is 0 Å². The number of carboxylic acid groups (broad SMARTS) is 1. The van der Waals surface area contributed by atoms with E-state index in [-0.39, 0.29) is 11.1 Å². The third-order valence-electron chi connectivity index (χ3n) is 3.85. The van der Waals surface area contributed by atoms with Crippen LogP contribution in [0.15, 0.2) is 35.1 Å². The quantitative estimate of drug-likeness (QED) is 0.939. The molecule has 0 fully saturated rings. The van der Waals surface area contributed by atoms with Gasteiger partial charge in [-0.2, -0.15) is 0 Å². The van der Waals surface area contributed by atoms with Crippen molar-refractivity contribution in [3.63, 3.8) is 0 Å². The fraction of sp³-hybridized carbons (Fsp3) is 0.294. The van der Waals surface area contributed by atoms with E-state index in [1.165, 1.54) is 17.2 Å². The molecule has 0 bridgehead atoms. The number of pyridine rings is 1. The number of carboxylic acids is 1. The van der Waals surface area contributed by atoms with Gasteiger partial charge < -0.3 is 9.67 Å². The van der Waals surface area contributed by atoms with Gasteiger partial charge >= 0.3 is 5.97 Å². The summed E-state index contributed by atoms with van der Waals surface area (Å²) in [6, 6.07) is 9.40. The van der Waals surface area contributed by atoms with Gasteiger partial charge in [0.05, 0.1) is 5.56 Å². The minimum absolute atomic E-state index is 0.149. The van der Waals surface area contributed by atoms with Crippen molar-refractivity contribution in [1.29, 1.82) is 0 Å². The Kier molecular flexibility index (Phi) is 4.26. The Hall–Kier alpha value is -2.36. The highest BCUT2D eigenvalue weighted by atomic mass is 16.4. The standard InChI is InChI=1S/C17H19NO3/c1-11-6-4-5-7-14(11)8-9-18-13(3)16(17(20)21)12(2)10-15(18)19/h4-7,10H,8-9H2,1-3H3,(H,20,21). The molecule has 1 N–H and O–H groups in total. The molecule has 0 unspecified atom stereocenters. The van der Waals surface area contributed by atoms with E-state index in [0.29, 0.717) is 24.2 Å². The van der Waals surface area contributed by atoms with Gasteiger partial charge in [0.1, 0.15) is 0 Å². The molecule has 21 heavy (non-hydrogen) atoms. The van der Waals surface area contributed by atoms with Crippen LogP contribution in [0.2, 0.25) is 0 Å². The second kappa shape index (κ2) is 5.95. The van der Waals surface area contributed by atoms with Crippen LogP contribution in [0.5, 0.6) is 0 Å². The Bertz CT molecular complexity index is 744. The van der Waals surface area contributed by atoms with Crippen LogP contribution in [0, 0.1) is 20.8 Å². The lowest BCUT2D eigenvalue weighted by Gasteiger charge is -2.14. The molecule has 4 nitrogen and oxygen atoms in total. The van der Waals surface area contributed by atoms with E-state index in [1.54, 1.807) is 18.4 Å². The van der Waals surface area contributed by atoms with E-state index in [4.69, 9.17) is 0 Å². The molecule has 2 rings (SSSR count). The number of hydrogen-bond donors (Lipinski definition) is 1.